The van der Waals surface area contributed by atoms with Gasteiger partial charge in [0, 0.05) is 24.7 Å². The molecule has 0 bridgehead atoms. The number of hydrogen-bond acceptors (Lipinski definition) is 4. The summed E-state index contributed by atoms with van der Waals surface area (Å²) in [6.07, 6.45) is 2.72. The Bertz CT molecular complexity index is 487. The average Bonchev–Trinajstić information content (AvgIpc) is 2.49. The third kappa shape index (κ3) is 5.26. The lowest BCUT2D eigenvalue weighted by atomic mass is 10.1. The van der Waals surface area contributed by atoms with Gasteiger partial charge in [-0.2, -0.15) is 11.8 Å². The van der Waals surface area contributed by atoms with E-state index in [0.29, 0.717) is 13.0 Å². The van der Waals surface area contributed by atoms with Crippen molar-refractivity contribution < 1.29 is 9.72 Å². The molecule has 0 atom stereocenters. The first kappa shape index (κ1) is 15.6. The van der Waals surface area contributed by atoms with Gasteiger partial charge < -0.3 is 10.6 Å². The van der Waals surface area contributed by atoms with Crippen LogP contribution in [0.15, 0.2) is 24.3 Å². The molecule has 0 unspecified atom stereocenters. The molecular weight excluding hydrogens is 290 g/mol. The predicted molar refractivity (Wildman–Crippen MR) is 83.7 cm³/mol. The van der Waals surface area contributed by atoms with E-state index in [1.807, 2.05) is 11.8 Å². The van der Waals surface area contributed by atoms with Gasteiger partial charge in [0.15, 0.2) is 0 Å². The first-order valence-corrected chi connectivity index (χ1v) is 8.16. The van der Waals surface area contributed by atoms with E-state index in [9.17, 15) is 14.9 Å². The van der Waals surface area contributed by atoms with Gasteiger partial charge in [0.1, 0.15) is 0 Å². The highest BCUT2D eigenvalue weighted by molar-refractivity contribution is 7.99. The SMILES string of the molecule is O=C(NCCc1ccc([N+](=O)[O-])cc1)NC1CCSCC1. The fourth-order valence-corrected chi connectivity index (χ4v) is 3.29. The fraction of sp³-hybridized carbons (Fsp3) is 0.500. The molecule has 1 aliphatic rings. The summed E-state index contributed by atoms with van der Waals surface area (Å²) in [5.74, 6) is 2.21. The molecule has 0 aromatic heterocycles. The highest BCUT2D eigenvalue weighted by Gasteiger charge is 2.15. The monoisotopic (exact) mass is 309 g/mol. The number of carbonyl (C=O) groups is 1. The zero-order valence-electron chi connectivity index (χ0n) is 11.7. The predicted octanol–water partition coefficient (Wildman–Crippen LogP) is 2.33. The number of nitro benzene ring substituents is 1. The molecule has 21 heavy (non-hydrogen) atoms. The highest BCUT2D eigenvalue weighted by Crippen LogP contribution is 2.16. The second-order valence-corrected chi connectivity index (χ2v) is 6.19. The van der Waals surface area contributed by atoms with Crippen LogP contribution in [0.2, 0.25) is 0 Å². The number of nitrogens with zero attached hydrogens (tertiary/aromatic N) is 1. The standard InChI is InChI=1S/C14H19N3O3S/c18-14(16-12-6-9-21-10-7-12)15-8-5-11-1-3-13(4-2-11)17(19)20/h1-4,12H,5-10H2,(H2,15,16,18). The average molecular weight is 309 g/mol. The van der Waals surface area contributed by atoms with E-state index >= 15 is 0 Å². The van der Waals surface area contributed by atoms with Crippen LogP contribution in [0.5, 0.6) is 0 Å². The summed E-state index contributed by atoms with van der Waals surface area (Å²) in [4.78, 5) is 21.9. The maximum Gasteiger partial charge on any atom is 0.315 e. The van der Waals surface area contributed by atoms with Crippen LogP contribution in [0.1, 0.15) is 18.4 Å². The number of hydrogen-bond donors (Lipinski definition) is 2. The Kier molecular flexibility index (Phi) is 5.86. The van der Waals surface area contributed by atoms with Crippen molar-refractivity contribution in [3.8, 4) is 0 Å². The Morgan fingerprint density at radius 2 is 1.95 bits per heavy atom. The lowest BCUT2D eigenvalue weighted by molar-refractivity contribution is -0.384. The summed E-state index contributed by atoms with van der Waals surface area (Å²) in [7, 11) is 0. The highest BCUT2D eigenvalue weighted by atomic mass is 32.2. The maximum absolute atomic E-state index is 11.7. The first-order chi connectivity index (χ1) is 10.1. The van der Waals surface area contributed by atoms with Crippen LogP contribution in [0, 0.1) is 10.1 Å². The number of nitrogens with one attached hydrogen (secondary N) is 2. The topological polar surface area (TPSA) is 84.3 Å². The number of urea groups is 1. The summed E-state index contributed by atoms with van der Waals surface area (Å²) in [5, 5.41) is 16.3. The third-order valence-electron chi connectivity index (χ3n) is 3.40. The molecular formula is C14H19N3O3S. The summed E-state index contributed by atoms with van der Waals surface area (Å²) in [6.45, 7) is 0.519. The second-order valence-electron chi connectivity index (χ2n) is 4.96. The summed E-state index contributed by atoms with van der Waals surface area (Å²) >= 11 is 1.92. The molecule has 1 aromatic carbocycles. The molecule has 1 heterocycles. The van der Waals surface area contributed by atoms with E-state index < -0.39 is 4.92 Å². The quantitative estimate of drug-likeness (QED) is 0.646. The van der Waals surface area contributed by atoms with Crippen LogP contribution in [0.25, 0.3) is 0 Å². The van der Waals surface area contributed by atoms with E-state index in [1.165, 1.54) is 12.1 Å². The molecule has 1 fully saturated rings. The number of benzene rings is 1. The maximum atomic E-state index is 11.7. The van der Waals surface area contributed by atoms with Crippen molar-refractivity contribution in [2.75, 3.05) is 18.1 Å². The van der Waals surface area contributed by atoms with Crippen LogP contribution in [-0.2, 0) is 6.42 Å². The van der Waals surface area contributed by atoms with Gasteiger partial charge >= 0.3 is 6.03 Å². The molecule has 0 aliphatic carbocycles. The fourth-order valence-electron chi connectivity index (χ4n) is 2.18. The zero-order chi connectivity index (χ0) is 15.1. The van der Waals surface area contributed by atoms with Crippen molar-refractivity contribution in [2.24, 2.45) is 0 Å². The zero-order valence-corrected chi connectivity index (χ0v) is 12.5. The molecule has 0 spiro atoms. The first-order valence-electron chi connectivity index (χ1n) is 7.00. The Morgan fingerprint density at radius 1 is 1.29 bits per heavy atom. The Labute approximate surface area is 127 Å². The smallest absolute Gasteiger partial charge is 0.315 e. The Morgan fingerprint density at radius 3 is 2.57 bits per heavy atom. The molecule has 7 heteroatoms. The van der Waals surface area contributed by atoms with Crippen LogP contribution < -0.4 is 10.6 Å². The Hall–Kier alpha value is -1.76. The molecule has 1 saturated heterocycles. The van der Waals surface area contributed by atoms with Gasteiger partial charge in [-0.25, -0.2) is 4.79 Å². The van der Waals surface area contributed by atoms with E-state index in [4.69, 9.17) is 0 Å². The molecule has 0 radical (unpaired) electrons. The summed E-state index contributed by atoms with van der Waals surface area (Å²) in [6, 6.07) is 6.55. The van der Waals surface area contributed by atoms with Crippen LogP contribution >= 0.6 is 11.8 Å². The molecule has 0 saturated carbocycles. The number of rotatable bonds is 5. The number of carbonyl (C=O) groups excluding carboxylic acids is 1. The van der Waals surface area contributed by atoms with E-state index in [0.717, 1.165) is 29.9 Å². The molecule has 1 aliphatic heterocycles. The lowest BCUT2D eigenvalue weighted by Crippen LogP contribution is -2.44. The molecule has 2 rings (SSSR count). The summed E-state index contributed by atoms with van der Waals surface area (Å²) in [5.41, 5.74) is 1.05. The molecule has 1 aromatic rings. The van der Waals surface area contributed by atoms with Gasteiger partial charge in [0.25, 0.3) is 5.69 Å². The van der Waals surface area contributed by atoms with Gasteiger partial charge in [-0.1, -0.05) is 12.1 Å². The van der Waals surface area contributed by atoms with Crippen molar-refractivity contribution >= 4 is 23.5 Å². The lowest BCUT2D eigenvalue weighted by Gasteiger charge is -2.22. The minimum atomic E-state index is -0.419. The van der Waals surface area contributed by atoms with Crippen molar-refractivity contribution in [2.45, 2.75) is 25.3 Å². The van der Waals surface area contributed by atoms with Crippen molar-refractivity contribution in [1.82, 2.24) is 10.6 Å². The number of amides is 2. The van der Waals surface area contributed by atoms with E-state index in [1.54, 1.807) is 12.1 Å². The minimum absolute atomic E-state index is 0.0830. The van der Waals surface area contributed by atoms with Gasteiger partial charge in [-0.3, -0.25) is 10.1 Å². The van der Waals surface area contributed by atoms with Crippen molar-refractivity contribution in [3.63, 3.8) is 0 Å². The van der Waals surface area contributed by atoms with Crippen molar-refractivity contribution in [3.05, 3.63) is 39.9 Å². The minimum Gasteiger partial charge on any atom is -0.338 e. The molecule has 114 valence electrons. The van der Waals surface area contributed by atoms with Crippen LogP contribution in [-0.4, -0.2) is 35.0 Å². The largest absolute Gasteiger partial charge is 0.338 e. The van der Waals surface area contributed by atoms with Gasteiger partial charge in [-0.15, -0.1) is 0 Å². The van der Waals surface area contributed by atoms with E-state index in [2.05, 4.69) is 10.6 Å². The molecule has 6 nitrogen and oxygen atoms in total. The number of non-ortho nitro benzene ring substituents is 1. The number of nitro groups is 1. The van der Waals surface area contributed by atoms with Crippen molar-refractivity contribution in [1.29, 1.82) is 0 Å². The van der Waals surface area contributed by atoms with Crippen LogP contribution in [0.4, 0.5) is 10.5 Å². The van der Waals surface area contributed by atoms with Gasteiger partial charge in [-0.05, 0) is 36.3 Å². The summed E-state index contributed by atoms with van der Waals surface area (Å²) < 4.78 is 0. The molecule has 2 amide bonds. The number of thioether (sulfide) groups is 1. The normalized spacial score (nSPS) is 15.4. The van der Waals surface area contributed by atoms with Crippen LogP contribution in [0.3, 0.4) is 0 Å². The third-order valence-corrected chi connectivity index (χ3v) is 4.45. The molecule has 2 N–H and O–H groups in total. The second kappa shape index (κ2) is 7.87. The van der Waals surface area contributed by atoms with Gasteiger partial charge in [0.05, 0.1) is 4.92 Å². The Balaban J connectivity index is 1.68. The van der Waals surface area contributed by atoms with E-state index in [-0.39, 0.29) is 17.8 Å². The van der Waals surface area contributed by atoms with Gasteiger partial charge in [0.2, 0.25) is 0 Å².